The van der Waals surface area contributed by atoms with Crippen LogP contribution in [0.4, 0.5) is 0 Å². The fourth-order valence-electron chi connectivity index (χ4n) is 2.21. The van der Waals surface area contributed by atoms with Crippen LogP contribution in [0.1, 0.15) is 43.7 Å². The van der Waals surface area contributed by atoms with Gasteiger partial charge >= 0.3 is 5.97 Å². The van der Waals surface area contributed by atoms with Crippen molar-refractivity contribution in [2.45, 2.75) is 45.1 Å². The third-order valence-electron chi connectivity index (χ3n) is 3.69. The van der Waals surface area contributed by atoms with Crippen LogP contribution in [0, 0.1) is 6.92 Å². The summed E-state index contributed by atoms with van der Waals surface area (Å²) in [5.41, 5.74) is 1.03. The van der Waals surface area contributed by atoms with Crippen molar-refractivity contribution >= 4 is 11.9 Å². The van der Waals surface area contributed by atoms with Gasteiger partial charge in [0, 0.05) is 0 Å². The van der Waals surface area contributed by atoms with Gasteiger partial charge in [0.05, 0.1) is 0 Å². The lowest BCUT2D eigenvalue weighted by molar-refractivity contribution is -0.143. The van der Waals surface area contributed by atoms with E-state index in [1.807, 2.05) is 25.1 Å². The molecule has 2 rings (SSSR count). The summed E-state index contributed by atoms with van der Waals surface area (Å²) in [5.74, 6) is -0.404. The highest BCUT2D eigenvalue weighted by Gasteiger charge is 2.51. The van der Waals surface area contributed by atoms with Gasteiger partial charge in [0.1, 0.15) is 11.3 Å². The number of aliphatic carboxylic acids is 1. The first-order chi connectivity index (χ1) is 9.84. The first-order valence-corrected chi connectivity index (χ1v) is 7.12. The molecule has 0 aliphatic heterocycles. The summed E-state index contributed by atoms with van der Waals surface area (Å²) < 4.78 is 5.59. The number of ether oxygens (including phenoxy) is 1. The van der Waals surface area contributed by atoms with Crippen LogP contribution in [0.3, 0.4) is 0 Å². The number of hydrogen-bond acceptors (Lipinski definition) is 3. The predicted octanol–water partition coefficient (Wildman–Crippen LogP) is 2.23. The molecule has 0 bridgehead atoms. The molecule has 0 heterocycles. The second-order valence-corrected chi connectivity index (χ2v) is 5.92. The first-order valence-electron chi connectivity index (χ1n) is 7.12. The Labute approximate surface area is 124 Å². The normalized spacial score (nSPS) is 15.6. The lowest BCUT2D eigenvalue weighted by atomic mass is 10.0. The average Bonchev–Trinajstić information content (AvgIpc) is 3.17. The number of nitrogens with one attached hydrogen (secondary N) is 1. The van der Waals surface area contributed by atoms with Crippen molar-refractivity contribution < 1.29 is 19.4 Å². The molecule has 5 nitrogen and oxygen atoms in total. The summed E-state index contributed by atoms with van der Waals surface area (Å²) in [6, 6.07) is 5.89. The quantitative estimate of drug-likeness (QED) is 0.842. The molecule has 0 saturated heterocycles. The molecule has 2 N–H and O–H groups in total. The minimum Gasteiger partial charge on any atom is -0.483 e. The van der Waals surface area contributed by atoms with Crippen LogP contribution in [-0.4, -0.2) is 29.1 Å². The Hall–Kier alpha value is -2.04. The number of amides is 1. The fourth-order valence-corrected chi connectivity index (χ4v) is 2.21. The summed E-state index contributed by atoms with van der Waals surface area (Å²) >= 11 is 0. The lowest BCUT2D eigenvalue weighted by Gasteiger charge is -2.16. The standard InChI is InChI=1S/C16H21NO4/c1-10(2)12-5-4-11(3)8-13(12)21-9-14(18)17-16(6-7-16)15(19)20/h4-5,8,10H,6-7,9H2,1-3H3,(H,17,18)(H,19,20). The monoisotopic (exact) mass is 291 g/mol. The molecule has 1 aliphatic rings. The van der Waals surface area contributed by atoms with Crippen LogP contribution in [0.15, 0.2) is 18.2 Å². The van der Waals surface area contributed by atoms with Crippen molar-refractivity contribution in [3.63, 3.8) is 0 Å². The topological polar surface area (TPSA) is 75.6 Å². The minimum atomic E-state index is -1.06. The molecular formula is C16H21NO4. The first kappa shape index (κ1) is 15.4. The zero-order chi connectivity index (χ0) is 15.6. The van der Waals surface area contributed by atoms with Crippen LogP contribution in [0.5, 0.6) is 5.75 Å². The Kier molecular flexibility index (Phi) is 4.21. The molecule has 1 aliphatic carbocycles. The van der Waals surface area contributed by atoms with Crippen molar-refractivity contribution in [1.29, 1.82) is 0 Å². The average molecular weight is 291 g/mol. The number of carbonyl (C=O) groups excluding carboxylic acids is 1. The van der Waals surface area contributed by atoms with Gasteiger partial charge in [0.25, 0.3) is 5.91 Å². The van der Waals surface area contributed by atoms with Crippen LogP contribution in [0.2, 0.25) is 0 Å². The van der Waals surface area contributed by atoms with Crippen molar-refractivity contribution in [3.8, 4) is 5.75 Å². The Morgan fingerprint density at radius 1 is 1.38 bits per heavy atom. The van der Waals surface area contributed by atoms with Crippen molar-refractivity contribution in [1.82, 2.24) is 5.32 Å². The highest BCUT2D eigenvalue weighted by Crippen LogP contribution is 2.35. The third kappa shape index (κ3) is 3.54. The van der Waals surface area contributed by atoms with E-state index < -0.39 is 17.4 Å². The van der Waals surface area contributed by atoms with Gasteiger partial charge in [-0.05, 0) is 42.9 Å². The number of carbonyl (C=O) groups is 2. The predicted molar refractivity (Wildman–Crippen MR) is 78.5 cm³/mol. The Balaban J connectivity index is 1.98. The van der Waals surface area contributed by atoms with E-state index in [9.17, 15) is 9.59 Å². The van der Waals surface area contributed by atoms with E-state index in [0.29, 0.717) is 18.6 Å². The molecule has 1 fully saturated rings. The highest BCUT2D eigenvalue weighted by atomic mass is 16.5. The maximum atomic E-state index is 11.8. The van der Waals surface area contributed by atoms with Gasteiger partial charge in [-0.1, -0.05) is 26.0 Å². The number of hydrogen-bond donors (Lipinski definition) is 2. The summed E-state index contributed by atoms with van der Waals surface area (Å²) in [6.45, 7) is 5.90. The highest BCUT2D eigenvalue weighted by molar-refractivity contribution is 5.90. The van der Waals surface area contributed by atoms with Gasteiger partial charge in [-0.25, -0.2) is 4.79 Å². The molecule has 0 spiro atoms. The summed E-state index contributed by atoms with van der Waals surface area (Å²) in [7, 11) is 0. The molecule has 5 heteroatoms. The number of benzene rings is 1. The molecule has 1 saturated carbocycles. The molecular weight excluding hydrogens is 270 g/mol. The van der Waals surface area contributed by atoms with E-state index in [-0.39, 0.29) is 12.5 Å². The fraction of sp³-hybridized carbons (Fsp3) is 0.500. The molecule has 0 radical (unpaired) electrons. The number of carboxylic acids is 1. The molecule has 0 atom stereocenters. The van der Waals surface area contributed by atoms with Crippen LogP contribution < -0.4 is 10.1 Å². The summed E-state index contributed by atoms with van der Waals surface area (Å²) in [4.78, 5) is 22.9. The van der Waals surface area contributed by atoms with E-state index >= 15 is 0 Å². The van der Waals surface area contributed by atoms with E-state index in [2.05, 4.69) is 19.2 Å². The molecule has 0 aromatic heterocycles. The van der Waals surface area contributed by atoms with Gasteiger partial charge in [-0.2, -0.15) is 0 Å². The van der Waals surface area contributed by atoms with Crippen LogP contribution >= 0.6 is 0 Å². The Morgan fingerprint density at radius 2 is 2.05 bits per heavy atom. The largest absolute Gasteiger partial charge is 0.483 e. The minimum absolute atomic E-state index is 0.168. The molecule has 21 heavy (non-hydrogen) atoms. The second-order valence-electron chi connectivity index (χ2n) is 5.92. The zero-order valence-corrected chi connectivity index (χ0v) is 12.6. The number of rotatable bonds is 6. The summed E-state index contributed by atoms with van der Waals surface area (Å²) in [6.07, 6.45) is 0.964. The van der Waals surface area contributed by atoms with E-state index in [4.69, 9.17) is 9.84 Å². The number of aryl methyl sites for hydroxylation is 1. The van der Waals surface area contributed by atoms with E-state index in [1.54, 1.807) is 0 Å². The molecule has 1 aromatic carbocycles. The van der Waals surface area contributed by atoms with Gasteiger partial charge in [0.15, 0.2) is 6.61 Å². The Bertz CT molecular complexity index is 561. The molecule has 1 amide bonds. The van der Waals surface area contributed by atoms with Crippen LogP contribution in [-0.2, 0) is 9.59 Å². The zero-order valence-electron chi connectivity index (χ0n) is 12.6. The maximum absolute atomic E-state index is 11.8. The van der Waals surface area contributed by atoms with Crippen molar-refractivity contribution in [2.24, 2.45) is 0 Å². The van der Waals surface area contributed by atoms with Crippen molar-refractivity contribution in [2.75, 3.05) is 6.61 Å². The molecule has 0 unspecified atom stereocenters. The van der Waals surface area contributed by atoms with E-state index in [1.165, 1.54) is 0 Å². The maximum Gasteiger partial charge on any atom is 0.329 e. The van der Waals surface area contributed by atoms with Crippen LogP contribution in [0.25, 0.3) is 0 Å². The van der Waals surface area contributed by atoms with Gasteiger partial charge in [-0.3, -0.25) is 4.79 Å². The molecule has 114 valence electrons. The van der Waals surface area contributed by atoms with Crippen molar-refractivity contribution in [3.05, 3.63) is 29.3 Å². The molecule has 1 aromatic rings. The third-order valence-corrected chi connectivity index (χ3v) is 3.69. The number of carboxylic acid groups (broad SMARTS) is 1. The van der Waals surface area contributed by atoms with Gasteiger partial charge < -0.3 is 15.2 Å². The van der Waals surface area contributed by atoms with E-state index in [0.717, 1.165) is 11.1 Å². The van der Waals surface area contributed by atoms with Gasteiger partial charge in [0.2, 0.25) is 0 Å². The summed E-state index contributed by atoms with van der Waals surface area (Å²) in [5, 5.41) is 11.6. The Morgan fingerprint density at radius 3 is 2.57 bits per heavy atom. The van der Waals surface area contributed by atoms with Gasteiger partial charge in [-0.15, -0.1) is 0 Å². The lowest BCUT2D eigenvalue weighted by Crippen LogP contribution is -2.45. The SMILES string of the molecule is Cc1ccc(C(C)C)c(OCC(=O)NC2(C(=O)O)CC2)c1. The second kappa shape index (κ2) is 5.76. The smallest absolute Gasteiger partial charge is 0.329 e.